The smallest absolute Gasteiger partial charge is 0.169 e. The molecular formula is C14H23BrN2O. The standard InChI is InChI=1S/C14H23BrN2O/c1-10(2)17-8-4-5-11(9-16-3)14(17)12-6-7-13(15)18-12/h6-7,10-11,14,16H,4-5,8-9H2,1-3H3. The van der Waals surface area contributed by atoms with Crippen LogP contribution in [-0.4, -0.2) is 31.1 Å². The van der Waals surface area contributed by atoms with Crippen molar-refractivity contribution in [1.82, 2.24) is 10.2 Å². The van der Waals surface area contributed by atoms with Crippen molar-refractivity contribution < 1.29 is 4.42 Å². The van der Waals surface area contributed by atoms with Crippen molar-refractivity contribution in [3.05, 3.63) is 22.6 Å². The summed E-state index contributed by atoms with van der Waals surface area (Å²) in [5.41, 5.74) is 0. The van der Waals surface area contributed by atoms with Crippen molar-refractivity contribution in [3.63, 3.8) is 0 Å². The highest BCUT2D eigenvalue weighted by Gasteiger charge is 2.35. The van der Waals surface area contributed by atoms with Crippen LogP contribution in [0, 0.1) is 5.92 Å². The summed E-state index contributed by atoms with van der Waals surface area (Å²) in [5, 5.41) is 3.32. The molecule has 1 aromatic rings. The van der Waals surface area contributed by atoms with Gasteiger partial charge in [0.15, 0.2) is 4.67 Å². The summed E-state index contributed by atoms with van der Waals surface area (Å²) in [5.74, 6) is 1.72. The van der Waals surface area contributed by atoms with Gasteiger partial charge in [0.05, 0.1) is 6.04 Å². The van der Waals surface area contributed by atoms with Gasteiger partial charge in [0.25, 0.3) is 0 Å². The van der Waals surface area contributed by atoms with Gasteiger partial charge < -0.3 is 9.73 Å². The first kappa shape index (κ1) is 14.1. The molecule has 0 bridgehead atoms. The normalized spacial score (nSPS) is 25.8. The van der Waals surface area contributed by atoms with Crippen molar-refractivity contribution in [2.75, 3.05) is 20.1 Å². The first-order chi connectivity index (χ1) is 8.63. The van der Waals surface area contributed by atoms with E-state index in [1.54, 1.807) is 0 Å². The summed E-state index contributed by atoms with van der Waals surface area (Å²) in [4.78, 5) is 2.57. The molecule has 1 N–H and O–H groups in total. The number of hydrogen-bond acceptors (Lipinski definition) is 3. The van der Waals surface area contributed by atoms with Crippen molar-refractivity contribution in [2.24, 2.45) is 5.92 Å². The van der Waals surface area contributed by atoms with Gasteiger partial charge in [-0.1, -0.05) is 0 Å². The third kappa shape index (κ3) is 2.98. The second kappa shape index (κ2) is 6.22. The molecule has 1 saturated heterocycles. The van der Waals surface area contributed by atoms with E-state index in [0.29, 0.717) is 18.0 Å². The van der Waals surface area contributed by atoms with Gasteiger partial charge in [-0.15, -0.1) is 0 Å². The summed E-state index contributed by atoms with van der Waals surface area (Å²) in [7, 11) is 2.03. The van der Waals surface area contributed by atoms with Gasteiger partial charge in [0.2, 0.25) is 0 Å². The van der Waals surface area contributed by atoms with Crippen molar-refractivity contribution in [2.45, 2.75) is 38.8 Å². The highest BCUT2D eigenvalue weighted by molar-refractivity contribution is 9.10. The zero-order valence-corrected chi connectivity index (χ0v) is 13.0. The molecule has 1 aliphatic rings. The molecule has 2 heterocycles. The molecule has 0 saturated carbocycles. The average molecular weight is 315 g/mol. The first-order valence-corrected chi connectivity index (χ1v) is 7.58. The van der Waals surface area contributed by atoms with Crippen molar-refractivity contribution in [1.29, 1.82) is 0 Å². The van der Waals surface area contributed by atoms with Crippen LogP contribution in [0.15, 0.2) is 21.2 Å². The topological polar surface area (TPSA) is 28.4 Å². The fraction of sp³-hybridized carbons (Fsp3) is 0.714. The minimum absolute atomic E-state index is 0.400. The fourth-order valence-corrected chi connectivity index (χ4v) is 3.36. The van der Waals surface area contributed by atoms with Gasteiger partial charge in [-0.25, -0.2) is 0 Å². The molecule has 18 heavy (non-hydrogen) atoms. The van der Waals surface area contributed by atoms with E-state index in [-0.39, 0.29) is 0 Å². The van der Waals surface area contributed by atoms with E-state index >= 15 is 0 Å². The maximum Gasteiger partial charge on any atom is 0.169 e. The summed E-state index contributed by atoms with van der Waals surface area (Å²) < 4.78 is 6.66. The molecule has 2 rings (SSSR count). The Morgan fingerprint density at radius 3 is 2.83 bits per heavy atom. The Kier molecular flexibility index (Phi) is 4.87. The molecule has 2 unspecified atom stereocenters. The monoisotopic (exact) mass is 314 g/mol. The Morgan fingerprint density at radius 1 is 1.50 bits per heavy atom. The molecule has 0 aliphatic carbocycles. The van der Waals surface area contributed by atoms with Crippen LogP contribution in [-0.2, 0) is 0 Å². The van der Waals surface area contributed by atoms with Crippen LogP contribution in [0.2, 0.25) is 0 Å². The number of nitrogens with one attached hydrogen (secondary N) is 1. The van der Waals surface area contributed by atoms with E-state index in [4.69, 9.17) is 4.42 Å². The second-order valence-corrected chi connectivity index (χ2v) is 6.16. The minimum Gasteiger partial charge on any atom is -0.453 e. The van der Waals surface area contributed by atoms with E-state index in [9.17, 15) is 0 Å². The van der Waals surface area contributed by atoms with Gasteiger partial charge in [-0.05, 0) is 80.8 Å². The van der Waals surface area contributed by atoms with Gasteiger partial charge in [-0.3, -0.25) is 4.90 Å². The third-order valence-corrected chi connectivity index (χ3v) is 4.24. The lowest BCUT2D eigenvalue weighted by atomic mass is 9.86. The summed E-state index contributed by atoms with van der Waals surface area (Å²) in [6.07, 6.45) is 2.55. The number of halogens is 1. The summed E-state index contributed by atoms with van der Waals surface area (Å²) >= 11 is 3.41. The van der Waals surface area contributed by atoms with Crippen molar-refractivity contribution in [3.8, 4) is 0 Å². The number of hydrogen-bond donors (Lipinski definition) is 1. The van der Waals surface area contributed by atoms with Crippen LogP contribution in [0.5, 0.6) is 0 Å². The van der Waals surface area contributed by atoms with Gasteiger partial charge in [0.1, 0.15) is 5.76 Å². The predicted octanol–water partition coefficient (Wildman–Crippen LogP) is 3.42. The average Bonchev–Trinajstić information content (AvgIpc) is 2.75. The Labute approximate surface area is 118 Å². The Bertz CT molecular complexity index is 376. The molecule has 102 valence electrons. The van der Waals surface area contributed by atoms with Crippen LogP contribution in [0.25, 0.3) is 0 Å². The molecule has 2 atom stereocenters. The van der Waals surface area contributed by atoms with E-state index in [1.165, 1.54) is 19.4 Å². The molecule has 4 heteroatoms. The summed E-state index contributed by atoms with van der Waals surface area (Å²) in [6, 6.07) is 5.06. The number of nitrogens with zero attached hydrogens (tertiary/aromatic N) is 1. The lowest BCUT2D eigenvalue weighted by molar-refractivity contribution is 0.0491. The van der Waals surface area contributed by atoms with Crippen LogP contribution >= 0.6 is 15.9 Å². The highest BCUT2D eigenvalue weighted by atomic mass is 79.9. The van der Waals surface area contributed by atoms with Crippen LogP contribution in [0.3, 0.4) is 0 Å². The fourth-order valence-electron chi connectivity index (χ4n) is 3.04. The molecular weight excluding hydrogens is 292 g/mol. The molecule has 0 amide bonds. The lowest BCUT2D eigenvalue weighted by Gasteiger charge is -2.42. The molecule has 0 radical (unpaired) electrons. The SMILES string of the molecule is CNCC1CCCN(C(C)C)C1c1ccc(Br)o1. The summed E-state index contributed by atoms with van der Waals surface area (Å²) in [6.45, 7) is 6.76. The van der Waals surface area contributed by atoms with Crippen molar-refractivity contribution >= 4 is 15.9 Å². The van der Waals surface area contributed by atoms with E-state index < -0.39 is 0 Å². The zero-order chi connectivity index (χ0) is 13.1. The largest absolute Gasteiger partial charge is 0.453 e. The van der Waals surface area contributed by atoms with Gasteiger partial charge in [-0.2, -0.15) is 0 Å². The Balaban J connectivity index is 2.26. The first-order valence-electron chi connectivity index (χ1n) is 6.79. The van der Waals surface area contributed by atoms with E-state index in [0.717, 1.165) is 17.0 Å². The molecule has 0 spiro atoms. The molecule has 3 nitrogen and oxygen atoms in total. The van der Waals surface area contributed by atoms with Gasteiger partial charge in [0, 0.05) is 6.04 Å². The number of rotatable bonds is 4. The zero-order valence-electron chi connectivity index (χ0n) is 11.4. The molecule has 1 aromatic heterocycles. The lowest BCUT2D eigenvalue weighted by Crippen LogP contribution is -2.45. The third-order valence-electron chi connectivity index (χ3n) is 3.81. The Hall–Kier alpha value is -0.320. The van der Waals surface area contributed by atoms with Crippen LogP contribution in [0.1, 0.15) is 38.5 Å². The molecule has 0 aromatic carbocycles. The van der Waals surface area contributed by atoms with Gasteiger partial charge >= 0.3 is 0 Å². The number of likely N-dealkylation sites (tertiary alicyclic amines) is 1. The predicted molar refractivity (Wildman–Crippen MR) is 77.6 cm³/mol. The number of piperidine rings is 1. The van der Waals surface area contributed by atoms with E-state index in [2.05, 4.69) is 46.1 Å². The second-order valence-electron chi connectivity index (χ2n) is 5.38. The number of furan rings is 1. The molecule has 1 fully saturated rings. The van der Waals surface area contributed by atoms with Crippen LogP contribution in [0.4, 0.5) is 0 Å². The molecule has 1 aliphatic heterocycles. The Morgan fingerprint density at radius 2 is 2.28 bits per heavy atom. The quantitative estimate of drug-likeness (QED) is 0.923. The van der Waals surface area contributed by atoms with Crippen LogP contribution < -0.4 is 5.32 Å². The minimum atomic E-state index is 0.400. The maximum absolute atomic E-state index is 5.83. The van der Waals surface area contributed by atoms with E-state index in [1.807, 2.05) is 13.1 Å². The highest BCUT2D eigenvalue weighted by Crippen LogP contribution is 2.38. The maximum atomic E-state index is 5.83.